The Labute approximate surface area is 117 Å². The van der Waals surface area contributed by atoms with Crippen LogP contribution in [0.4, 0.5) is 4.39 Å². The van der Waals surface area contributed by atoms with Crippen LogP contribution in [0.25, 0.3) is 0 Å². The Bertz CT molecular complexity index is 491. The van der Waals surface area contributed by atoms with Crippen molar-refractivity contribution in [2.75, 3.05) is 13.7 Å². The standard InChI is InChI=1S/C15H15ClFO2/c1-18-13-7-5-11(6-8-13)9-19-10-12-3-2-4-14(17)15(12)16/h3-8H,2,9-10H2,1H3. The fraction of sp³-hybridized carbons (Fsp3) is 0.267. The number of allylic oxidation sites excluding steroid dienone is 3. The Hall–Kier alpha value is -1.32. The van der Waals surface area contributed by atoms with E-state index in [1.807, 2.05) is 30.7 Å². The van der Waals surface area contributed by atoms with E-state index in [-0.39, 0.29) is 10.9 Å². The van der Waals surface area contributed by atoms with Gasteiger partial charge in [0.2, 0.25) is 0 Å². The van der Waals surface area contributed by atoms with Crippen LogP contribution in [-0.2, 0) is 11.3 Å². The van der Waals surface area contributed by atoms with Crippen LogP contribution in [0.5, 0.6) is 5.75 Å². The normalized spacial score (nSPS) is 15.4. The average molecular weight is 282 g/mol. The number of hydrogen-bond donors (Lipinski definition) is 0. The number of ether oxygens (including phenoxy) is 2. The molecule has 1 aromatic rings. The van der Waals surface area contributed by atoms with Gasteiger partial charge >= 0.3 is 0 Å². The zero-order valence-corrected chi connectivity index (χ0v) is 11.4. The summed E-state index contributed by atoms with van der Waals surface area (Å²) in [5, 5.41) is 0.154. The summed E-state index contributed by atoms with van der Waals surface area (Å²) in [6.45, 7) is 0.767. The van der Waals surface area contributed by atoms with E-state index >= 15 is 0 Å². The average Bonchev–Trinajstić information content (AvgIpc) is 2.44. The summed E-state index contributed by atoms with van der Waals surface area (Å²) < 4.78 is 23.9. The van der Waals surface area contributed by atoms with Crippen LogP contribution in [0.15, 0.2) is 46.8 Å². The van der Waals surface area contributed by atoms with Gasteiger partial charge in [-0.3, -0.25) is 0 Å². The fourth-order valence-electron chi connectivity index (χ4n) is 1.76. The third kappa shape index (κ3) is 3.82. The molecule has 0 spiro atoms. The van der Waals surface area contributed by atoms with Crippen LogP contribution in [0.2, 0.25) is 0 Å². The van der Waals surface area contributed by atoms with Crippen molar-refractivity contribution >= 4 is 11.6 Å². The second-order valence-electron chi connectivity index (χ2n) is 4.17. The van der Waals surface area contributed by atoms with Crippen molar-refractivity contribution in [1.29, 1.82) is 0 Å². The minimum absolute atomic E-state index is 0.154. The van der Waals surface area contributed by atoms with E-state index in [0.29, 0.717) is 25.2 Å². The van der Waals surface area contributed by atoms with Gasteiger partial charge in [0.25, 0.3) is 0 Å². The maximum absolute atomic E-state index is 13.2. The van der Waals surface area contributed by atoms with Crippen molar-refractivity contribution in [3.63, 3.8) is 0 Å². The highest BCUT2D eigenvalue weighted by molar-refractivity contribution is 6.32. The molecule has 0 unspecified atom stereocenters. The molecule has 1 radical (unpaired) electrons. The van der Waals surface area contributed by atoms with Crippen molar-refractivity contribution in [3.8, 4) is 5.75 Å². The monoisotopic (exact) mass is 281 g/mol. The van der Waals surface area contributed by atoms with Crippen molar-refractivity contribution in [3.05, 3.63) is 58.8 Å². The molecule has 0 bridgehead atoms. The molecule has 1 aliphatic rings. The van der Waals surface area contributed by atoms with Crippen LogP contribution in [-0.4, -0.2) is 13.7 Å². The smallest absolute Gasteiger partial charge is 0.137 e. The molecule has 2 rings (SSSR count). The zero-order valence-electron chi connectivity index (χ0n) is 10.7. The molecular weight excluding hydrogens is 267 g/mol. The van der Waals surface area contributed by atoms with Crippen molar-refractivity contribution in [2.45, 2.75) is 13.0 Å². The summed E-state index contributed by atoms with van der Waals surface area (Å²) in [6.07, 6.45) is 3.89. The molecule has 101 valence electrons. The SMILES string of the molecule is COc1ccc(COCC2=C(Cl)C(F)=CC[CH]2)cc1. The minimum Gasteiger partial charge on any atom is -0.497 e. The summed E-state index contributed by atoms with van der Waals surface area (Å²) in [6, 6.07) is 7.61. The van der Waals surface area contributed by atoms with E-state index in [1.54, 1.807) is 7.11 Å². The van der Waals surface area contributed by atoms with Crippen LogP contribution < -0.4 is 4.74 Å². The first-order valence-corrected chi connectivity index (χ1v) is 6.37. The van der Waals surface area contributed by atoms with Gasteiger partial charge in [0, 0.05) is 0 Å². The largest absolute Gasteiger partial charge is 0.497 e. The summed E-state index contributed by atoms with van der Waals surface area (Å²) in [7, 11) is 1.63. The molecule has 1 aliphatic carbocycles. The molecular formula is C15H15ClFO2. The molecule has 0 amide bonds. The summed E-state index contributed by atoms with van der Waals surface area (Å²) in [5.41, 5.74) is 1.74. The molecule has 1 aromatic carbocycles. The van der Waals surface area contributed by atoms with Crippen LogP contribution in [0.1, 0.15) is 12.0 Å². The van der Waals surface area contributed by atoms with Gasteiger partial charge in [-0.1, -0.05) is 23.7 Å². The summed E-state index contributed by atoms with van der Waals surface area (Å²) in [5.74, 6) is 0.439. The van der Waals surface area contributed by atoms with E-state index in [0.717, 1.165) is 11.3 Å². The lowest BCUT2D eigenvalue weighted by Gasteiger charge is -2.13. The second-order valence-corrected chi connectivity index (χ2v) is 4.55. The molecule has 2 nitrogen and oxygen atoms in total. The van der Waals surface area contributed by atoms with E-state index in [1.165, 1.54) is 6.08 Å². The molecule has 0 aliphatic heterocycles. The van der Waals surface area contributed by atoms with Crippen molar-refractivity contribution in [1.82, 2.24) is 0 Å². The number of halogens is 2. The van der Waals surface area contributed by atoms with Crippen molar-refractivity contribution in [2.24, 2.45) is 0 Å². The Morgan fingerprint density at radius 1 is 1.21 bits per heavy atom. The molecule has 0 atom stereocenters. The highest BCUT2D eigenvalue weighted by Gasteiger charge is 2.14. The Balaban J connectivity index is 1.86. The predicted octanol–water partition coefficient (Wildman–Crippen LogP) is 4.17. The number of rotatable bonds is 5. The minimum atomic E-state index is -0.368. The van der Waals surface area contributed by atoms with E-state index in [9.17, 15) is 4.39 Å². The molecule has 0 N–H and O–H groups in total. The van der Waals surface area contributed by atoms with Crippen LogP contribution in [0.3, 0.4) is 0 Å². The predicted molar refractivity (Wildman–Crippen MR) is 73.6 cm³/mol. The third-order valence-corrected chi connectivity index (χ3v) is 3.26. The first-order valence-electron chi connectivity index (χ1n) is 5.99. The molecule has 0 saturated heterocycles. The molecule has 0 fully saturated rings. The van der Waals surface area contributed by atoms with E-state index in [2.05, 4.69) is 0 Å². The molecule has 0 saturated carbocycles. The lowest BCUT2D eigenvalue weighted by molar-refractivity contribution is 0.143. The second kappa shape index (κ2) is 6.73. The van der Waals surface area contributed by atoms with Crippen LogP contribution >= 0.6 is 11.6 Å². The third-order valence-electron chi connectivity index (χ3n) is 2.84. The van der Waals surface area contributed by atoms with Gasteiger partial charge in [0.15, 0.2) is 0 Å². The first-order chi connectivity index (χ1) is 9.20. The van der Waals surface area contributed by atoms with Crippen LogP contribution in [0, 0.1) is 6.42 Å². The Morgan fingerprint density at radius 3 is 2.63 bits per heavy atom. The van der Waals surface area contributed by atoms with Gasteiger partial charge in [-0.2, -0.15) is 0 Å². The lowest BCUT2D eigenvalue weighted by atomic mass is 10.1. The highest BCUT2D eigenvalue weighted by atomic mass is 35.5. The first kappa shape index (κ1) is 14.1. The van der Waals surface area contributed by atoms with Gasteiger partial charge < -0.3 is 9.47 Å². The van der Waals surface area contributed by atoms with Crippen molar-refractivity contribution < 1.29 is 13.9 Å². The quantitative estimate of drug-likeness (QED) is 0.806. The lowest BCUT2D eigenvalue weighted by Crippen LogP contribution is -2.04. The maximum atomic E-state index is 13.2. The van der Waals surface area contributed by atoms with E-state index < -0.39 is 0 Å². The van der Waals surface area contributed by atoms with Gasteiger partial charge in [0.05, 0.1) is 25.4 Å². The molecule has 4 heteroatoms. The summed E-state index contributed by atoms with van der Waals surface area (Å²) in [4.78, 5) is 0. The molecule has 0 heterocycles. The Morgan fingerprint density at radius 2 is 1.95 bits per heavy atom. The maximum Gasteiger partial charge on any atom is 0.137 e. The molecule has 19 heavy (non-hydrogen) atoms. The number of hydrogen-bond acceptors (Lipinski definition) is 2. The van der Waals surface area contributed by atoms with Gasteiger partial charge in [-0.15, -0.1) is 0 Å². The van der Waals surface area contributed by atoms with E-state index in [4.69, 9.17) is 21.1 Å². The van der Waals surface area contributed by atoms with Gasteiger partial charge in [-0.05, 0) is 42.2 Å². The molecule has 0 aromatic heterocycles. The zero-order chi connectivity index (χ0) is 13.7. The Kier molecular flexibility index (Phi) is 5.00. The fourth-order valence-corrected chi connectivity index (χ4v) is 1.97. The number of methoxy groups -OCH3 is 1. The topological polar surface area (TPSA) is 18.5 Å². The highest BCUT2D eigenvalue weighted by Crippen LogP contribution is 2.28. The summed E-state index contributed by atoms with van der Waals surface area (Å²) >= 11 is 5.86. The van der Waals surface area contributed by atoms with Gasteiger partial charge in [-0.25, -0.2) is 4.39 Å². The van der Waals surface area contributed by atoms with Gasteiger partial charge in [0.1, 0.15) is 11.6 Å². The number of benzene rings is 1.